The molecule has 0 amide bonds. The van der Waals surface area contributed by atoms with Gasteiger partial charge in [-0.15, -0.1) is 0 Å². The molecule has 0 saturated carbocycles. The van der Waals surface area contributed by atoms with Crippen molar-refractivity contribution in [2.45, 2.75) is 33.1 Å². The van der Waals surface area contributed by atoms with Crippen LogP contribution in [-0.4, -0.2) is 0 Å². The molecular weight excluding hydrogens is 132 g/mol. The van der Waals surface area contributed by atoms with Crippen LogP contribution in [0.25, 0.3) is 0 Å². The number of hydrogen-bond acceptors (Lipinski definition) is 0. The Morgan fingerprint density at radius 1 is 1.18 bits per heavy atom. The van der Waals surface area contributed by atoms with Crippen LogP contribution in [0.15, 0.2) is 34.4 Å². The largest absolute Gasteiger partial charge is 0.0836 e. The van der Waals surface area contributed by atoms with E-state index in [0.717, 1.165) is 0 Å². The smallest absolute Gasteiger partial charge is 0.00988 e. The van der Waals surface area contributed by atoms with Gasteiger partial charge in [0.25, 0.3) is 0 Å². The van der Waals surface area contributed by atoms with Gasteiger partial charge in [0.15, 0.2) is 0 Å². The van der Waals surface area contributed by atoms with Gasteiger partial charge in [0, 0.05) is 0 Å². The maximum absolute atomic E-state index is 2.30. The summed E-state index contributed by atoms with van der Waals surface area (Å²) in [6.45, 7) is 4.52. The van der Waals surface area contributed by atoms with Crippen LogP contribution >= 0.6 is 0 Å². The summed E-state index contributed by atoms with van der Waals surface area (Å²) in [5.41, 5.74) is 6.33. The lowest BCUT2D eigenvalue weighted by Crippen LogP contribution is -1.91. The minimum Gasteiger partial charge on any atom is -0.0836 e. The van der Waals surface area contributed by atoms with Gasteiger partial charge in [-0.25, -0.2) is 0 Å². The van der Waals surface area contributed by atoms with E-state index in [2.05, 4.69) is 26.0 Å². The van der Waals surface area contributed by atoms with Gasteiger partial charge in [-0.1, -0.05) is 23.3 Å². The van der Waals surface area contributed by atoms with Gasteiger partial charge in [0.1, 0.15) is 0 Å². The highest BCUT2D eigenvalue weighted by Gasteiger charge is 2.18. The first kappa shape index (κ1) is 6.90. The summed E-state index contributed by atoms with van der Waals surface area (Å²) in [5.74, 6) is 0. The van der Waals surface area contributed by atoms with Crippen molar-refractivity contribution in [1.29, 1.82) is 0 Å². The number of allylic oxidation sites excluding steroid dienone is 6. The monoisotopic (exact) mass is 146 g/mol. The molecule has 11 heavy (non-hydrogen) atoms. The van der Waals surface area contributed by atoms with E-state index in [1.165, 1.54) is 24.8 Å². The second kappa shape index (κ2) is 2.37. The molecule has 0 unspecified atom stereocenters. The van der Waals surface area contributed by atoms with Crippen molar-refractivity contribution in [2.75, 3.05) is 0 Å². The molecule has 0 heteroatoms. The van der Waals surface area contributed by atoms with Crippen LogP contribution in [0.5, 0.6) is 0 Å². The van der Waals surface area contributed by atoms with Gasteiger partial charge >= 0.3 is 0 Å². The quantitative estimate of drug-likeness (QED) is 0.491. The Kier molecular flexibility index (Phi) is 1.49. The highest BCUT2D eigenvalue weighted by Crippen LogP contribution is 2.37. The van der Waals surface area contributed by atoms with Crippen molar-refractivity contribution >= 4 is 0 Å². The molecule has 2 aliphatic rings. The zero-order valence-corrected chi connectivity index (χ0v) is 7.28. The van der Waals surface area contributed by atoms with Gasteiger partial charge in [-0.2, -0.15) is 0 Å². The SMILES string of the molecule is CC1=C2C=CCCC2=C(C)C1. The summed E-state index contributed by atoms with van der Waals surface area (Å²) >= 11 is 0. The van der Waals surface area contributed by atoms with Crippen LogP contribution in [0.3, 0.4) is 0 Å². The van der Waals surface area contributed by atoms with E-state index in [0.29, 0.717) is 0 Å². The topological polar surface area (TPSA) is 0 Å². The molecule has 0 aromatic rings. The van der Waals surface area contributed by atoms with Crippen molar-refractivity contribution in [3.8, 4) is 0 Å². The first-order valence-electron chi connectivity index (χ1n) is 4.34. The van der Waals surface area contributed by atoms with Crippen LogP contribution in [0.2, 0.25) is 0 Å². The molecule has 0 N–H and O–H groups in total. The Morgan fingerprint density at radius 3 is 2.73 bits per heavy atom. The highest BCUT2D eigenvalue weighted by atomic mass is 14.2. The van der Waals surface area contributed by atoms with Crippen LogP contribution in [0.1, 0.15) is 33.1 Å². The number of rotatable bonds is 0. The Morgan fingerprint density at radius 2 is 2.00 bits per heavy atom. The lowest BCUT2D eigenvalue weighted by atomic mass is 9.95. The summed E-state index contributed by atoms with van der Waals surface area (Å²) in [5, 5.41) is 0. The molecule has 0 aromatic carbocycles. The second-order valence-electron chi connectivity index (χ2n) is 3.57. The normalized spacial score (nSPS) is 23.1. The Balaban J connectivity index is 2.48. The fourth-order valence-electron chi connectivity index (χ4n) is 2.11. The van der Waals surface area contributed by atoms with Crippen LogP contribution in [0, 0.1) is 0 Å². The van der Waals surface area contributed by atoms with Gasteiger partial charge in [-0.05, 0) is 44.3 Å². The number of hydrogen-bond donors (Lipinski definition) is 0. The summed E-state index contributed by atoms with van der Waals surface area (Å²) < 4.78 is 0. The second-order valence-corrected chi connectivity index (χ2v) is 3.57. The molecule has 0 nitrogen and oxygen atoms in total. The van der Waals surface area contributed by atoms with E-state index in [9.17, 15) is 0 Å². The van der Waals surface area contributed by atoms with Crippen molar-refractivity contribution in [1.82, 2.24) is 0 Å². The summed E-state index contributed by atoms with van der Waals surface area (Å²) in [4.78, 5) is 0. The van der Waals surface area contributed by atoms with E-state index in [-0.39, 0.29) is 0 Å². The molecule has 2 rings (SSSR count). The van der Waals surface area contributed by atoms with Gasteiger partial charge in [0.05, 0.1) is 0 Å². The van der Waals surface area contributed by atoms with E-state index >= 15 is 0 Å². The lowest BCUT2D eigenvalue weighted by molar-refractivity contribution is 0.957. The van der Waals surface area contributed by atoms with Crippen LogP contribution in [-0.2, 0) is 0 Å². The van der Waals surface area contributed by atoms with Crippen LogP contribution in [0.4, 0.5) is 0 Å². The molecule has 0 aromatic heterocycles. The molecule has 0 fully saturated rings. The zero-order chi connectivity index (χ0) is 7.84. The molecule has 0 heterocycles. The maximum Gasteiger partial charge on any atom is -0.00988 e. The standard InChI is InChI=1S/C11H14/c1-8-7-9(2)11-6-4-3-5-10(8)11/h3,5H,4,6-7H2,1-2H3. The first-order chi connectivity index (χ1) is 5.29. The van der Waals surface area contributed by atoms with Crippen molar-refractivity contribution in [2.24, 2.45) is 0 Å². The van der Waals surface area contributed by atoms with Crippen molar-refractivity contribution in [3.63, 3.8) is 0 Å². The molecule has 0 bridgehead atoms. The van der Waals surface area contributed by atoms with Gasteiger partial charge in [-0.3, -0.25) is 0 Å². The fourth-order valence-corrected chi connectivity index (χ4v) is 2.11. The molecule has 58 valence electrons. The van der Waals surface area contributed by atoms with Crippen molar-refractivity contribution in [3.05, 3.63) is 34.4 Å². The lowest BCUT2D eigenvalue weighted by Gasteiger charge is -2.10. The minimum absolute atomic E-state index is 1.22. The minimum atomic E-state index is 1.22. The van der Waals surface area contributed by atoms with Crippen molar-refractivity contribution < 1.29 is 0 Å². The van der Waals surface area contributed by atoms with E-state index in [1.807, 2.05) is 0 Å². The third-order valence-electron chi connectivity index (χ3n) is 2.68. The Hall–Kier alpha value is -0.780. The zero-order valence-electron chi connectivity index (χ0n) is 7.28. The Labute approximate surface area is 68.3 Å². The average molecular weight is 146 g/mol. The molecule has 0 spiro atoms. The third-order valence-corrected chi connectivity index (χ3v) is 2.68. The van der Waals surface area contributed by atoms with E-state index < -0.39 is 0 Å². The van der Waals surface area contributed by atoms with E-state index in [4.69, 9.17) is 0 Å². The summed E-state index contributed by atoms with van der Waals surface area (Å²) in [7, 11) is 0. The molecule has 0 atom stereocenters. The summed E-state index contributed by atoms with van der Waals surface area (Å²) in [6, 6.07) is 0. The number of fused-ring (bicyclic) bond motifs is 1. The highest BCUT2D eigenvalue weighted by molar-refractivity contribution is 5.53. The van der Waals surface area contributed by atoms with E-state index in [1.54, 1.807) is 16.7 Å². The maximum atomic E-state index is 2.30. The molecular formula is C11H14. The molecule has 0 radical (unpaired) electrons. The predicted octanol–water partition coefficient (Wildman–Crippen LogP) is 3.37. The fraction of sp³-hybridized carbons (Fsp3) is 0.455. The average Bonchev–Trinajstić information content (AvgIpc) is 2.30. The first-order valence-corrected chi connectivity index (χ1v) is 4.34. The van der Waals surface area contributed by atoms with Gasteiger partial charge < -0.3 is 0 Å². The van der Waals surface area contributed by atoms with Crippen LogP contribution < -0.4 is 0 Å². The third kappa shape index (κ3) is 0.973. The molecule has 0 saturated heterocycles. The van der Waals surface area contributed by atoms with Gasteiger partial charge in [0.2, 0.25) is 0 Å². The molecule has 2 aliphatic carbocycles. The molecule has 0 aliphatic heterocycles. The Bertz CT molecular complexity index is 274. The predicted molar refractivity (Wildman–Crippen MR) is 48.4 cm³/mol. The summed E-state index contributed by atoms with van der Waals surface area (Å²) in [6.07, 6.45) is 8.32.